The molecule has 0 radical (unpaired) electrons. The van der Waals surface area contributed by atoms with Crippen molar-refractivity contribution < 1.29 is 0 Å². The monoisotopic (exact) mass is 475 g/mol. The number of fused-ring (bicyclic) bond motifs is 2. The van der Waals surface area contributed by atoms with Crippen LogP contribution in [0, 0.1) is 5.41 Å². The fourth-order valence-electron chi connectivity index (χ4n) is 5.15. The number of rotatable bonds is 3. The number of aromatic nitrogens is 5. The SMILES string of the molecule is Bc1cn2c(N3CCC4(CC3)Cc3cccnc3C4)ncc(Sc3ccnc(N)c3Cl)c2n1. The van der Waals surface area contributed by atoms with Crippen LogP contribution in [-0.2, 0) is 12.8 Å². The van der Waals surface area contributed by atoms with Crippen LogP contribution in [-0.4, -0.2) is 45.3 Å². The number of anilines is 2. The molecule has 2 N–H and O–H groups in total. The highest BCUT2D eigenvalue weighted by molar-refractivity contribution is 7.99. The topological polar surface area (TPSA) is 85.2 Å². The van der Waals surface area contributed by atoms with Crippen LogP contribution < -0.4 is 16.2 Å². The number of piperidine rings is 1. The molecule has 2 aliphatic rings. The summed E-state index contributed by atoms with van der Waals surface area (Å²) in [7, 11) is 2.01. The second-order valence-corrected chi connectivity index (χ2v) is 10.5. The maximum Gasteiger partial charge on any atom is 0.211 e. The molecule has 7 nitrogen and oxygen atoms in total. The molecule has 0 saturated carbocycles. The molecule has 166 valence electrons. The number of hydrogen-bond acceptors (Lipinski definition) is 7. The molecule has 0 aromatic carbocycles. The first kappa shape index (κ1) is 20.8. The van der Waals surface area contributed by atoms with Crippen molar-refractivity contribution in [3.8, 4) is 0 Å². The third-order valence-corrected chi connectivity index (χ3v) is 8.44. The number of pyridine rings is 2. The van der Waals surface area contributed by atoms with Gasteiger partial charge in [-0.25, -0.2) is 15.0 Å². The van der Waals surface area contributed by atoms with Crippen molar-refractivity contribution in [2.75, 3.05) is 23.7 Å². The van der Waals surface area contributed by atoms with E-state index in [1.807, 2.05) is 26.3 Å². The smallest absolute Gasteiger partial charge is 0.211 e. The number of nitrogen functional groups attached to an aromatic ring is 1. The Kier molecular flexibility index (Phi) is 4.99. The zero-order valence-electron chi connectivity index (χ0n) is 18.3. The Hall–Kier alpha value is -2.78. The molecule has 4 aromatic heterocycles. The molecule has 1 fully saturated rings. The van der Waals surface area contributed by atoms with Gasteiger partial charge in [0, 0.05) is 54.1 Å². The second kappa shape index (κ2) is 7.92. The molecule has 0 unspecified atom stereocenters. The Bertz CT molecular complexity index is 1340. The van der Waals surface area contributed by atoms with Crippen LogP contribution in [0.3, 0.4) is 0 Å². The van der Waals surface area contributed by atoms with Gasteiger partial charge in [0.2, 0.25) is 5.95 Å². The van der Waals surface area contributed by atoms with Gasteiger partial charge in [0.05, 0.1) is 9.92 Å². The van der Waals surface area contributed by atoms with E-state index in [-0.39, 0.29) is 0 Å². The normalized spacial score (nSPS) is 17.1. The van der Waals surface area contributed by atoms with Crippen molar-refractivity contribution in [1.82, 2.24) is 24.3 Å². The minimum Gasteiger partial charge on any atom is -0.382 e. The molecule has 0 amide bonds. The zero-order chi connectivity index (χ0) is 22.6. The lowest BCUT2D eigenvalue weighted by Gasteiger charge is -2.39. The molecule has 0 atom stereocenters. The quantitative estimate of drug-likeness (QED) is 0.456. The highest BCUT2D eigenvalue weighted by Crippen LogP contribution is 2.44. The fourth-order valence-corrected chi connectivity index (χ4v) is 6.28. The summed E-state index contributed by atoms with van der Waals surface area (Å²) in [6.07, 6.45) is 12.1. The lowest BCUT2D eigenvalue weighted by molar-refractivity contribution is 0.230. The Morgan fingerprint density at radius 1 is 1.06 bits per heavy atom. The summed E-state index contributed by atoms with van der Waals surface area (Å²) in [5.74, 6) is 1.27. The average Bonchev–Trinajstić information content (AvgIpc) is 3.38. The lowest BCUT2D eigenvalue weighted by atomic mass is 9.76. The molecule has 0 bridgehead atoms. The van der Waals surface area contributed by atoms with E-state index in [0.717, 1.165) is 65.8 Å². The summed E-state index contributed by atoms with van der Waals surface area (Å²) >= 11 is 7.89. The standard InChI is InChI=1S/C23H23BClN7S/c24-18-13-32-21(30-18)17(33-16-3-7-28-20(26)19(16)25)12-29-22(32)31-8-4-23(5-9-31)10-14-2-1-6-27-15(14)11-23/h1-3,6-7,12-13H,4-5,8-11,24H2,(H2,26,28). The maximum atomic E-state index is 6.38. The average molecular weight is 476 g/mol. The van der Waals surface area contributed by atoms with Crippen molar-refractivity contribution in [3.63, 3.8) is 0 Å². The van der Waals surface area contributed by atoms with Gasteiger partial charge in [-0.05, 0) is 48.8 Å². The minimum atomic E-state index is 0.327. The van der Waals surface area contributed by atoms with Gasteiger partial charge in [-0.2, -0.15) is 0 Å². The van der Waals surface area contributed by atoms with Gasteiger partial charge in [-0.3, -0.25) is 9.38 Å². The molecule has 1 saturated heterocycles. The minimum absolute atomic E-state index is 0.327. The van der Waals surface area contributed by atoms with Crippen LogP contribution in [0.4, 0.5) is 11.8 Å². The van der Waals surface area contributed by atoms with Crippen LogP contribution in [0.5, 0.6) is 0 Å². The van der Waals surface area contributed by atoms with Crippen LogP contribution in [0.15, 0.2) is 52.8 Å². The van der Waals surface area contributed by atoms with E-state index >= 15 is 0 Å². The lowest BCUT2D eigenvalue weighted by Crippen LogP contribution is -2.41. The Balaban J connectivity index is 1.27. The van der Waals surface area contributed by atoms with E-state index in [9.17, 15) is 0 Å². The van der Waals surface area contributed by atoms with Crippen LogP contribution in [0.1, 0.15) is 24.1 Å². The Morgan fingerprint density at radius 3 is 2.73 bits per heavy atom. The van der Waals surface area contributed by atoms with E-state index in [4.69, 9.17) is 27.3 Å². The van der Waals surface area contributed by atoms with E-state index in [1.165, 1.54) is 23.0 Å². The molecule has 33 heavy (non-hydrogen) atoms. The summed E-state index contributed by atoms with van der Waals surface area (Å²) in [5, 5.41) is 0.460. The van der Waals surface area contributed by atoms with Gasteiger partial charge in [0.1, 0.15) is 5.82 Å². The fraction of sp³-hybridized carbons (Fsp3) is 0.304. The summed E-state index contributed by atoms with van der Waals surface area (Å²) in [6.45, 7) is 1.96. The molecule has 4 aromatic rings. The van der Waals surface area contributed by atoms with Crippen molar-refractivity contribution >= 4 is 54.2 Å². The third kappa shape index (κ3) is 3.63. The molecule has 1 aliphatic heterocycles. The van der Waals surface area contributed by atoms with Crippen LogP contribution in [0.25, 0.3) is 5.65 Å². The van der Waals surface area contributed by atoms with Crippen molar-refractivity contribution in [3.05, 3.63) is 59.3 Å². The number of hydrogen-bond donors (Lipinski definition) is 1. The predicted octanol–water partition coefficient (Wildman–Crippen LogP) is 2.55. The van der Waals surface area contributed by atoms with E-state index in [1.54, 1.807) is 6.20 Å². The third-order valence-electron chi connectivity index (χ3n) is 6.86. The van der Waals surface area contributed by atoms with Crippen LogP contribution >= 0.6 is 23.4 Å². The molecule has 1 aliphatic carbocycles. The van der Waals surface area contributed by atoms with Crippen molar-refractivity contribution in [2.45, 2.75) is 35.5 Å². The molecular formula is C23H23BClN7S. The van der Waals surface area contributed by atoms with Gasteiger partial charge in [-0.15, -0.1) is 0 Å². The van der Waals surface area contributed by atoms with Crippen molar-refractivity contribution in [2.24, 2.45) is 5.41 Å². The number of imidazole rings is 1. The van der Waals surface area contributed by atoms with Gasteiger partial charge < -0.3 is 10.6 Å². The van der Waals surface area contributed by atoms with Crippen molar-refractivity contribution in [1.29, 1.82) is 0 Å². The van der Waals surface area contributed by atoms with Gasteiger partial charge in [0.15, 0.2) is 13.5 Å². The van der Waals surface area contributed by atoms with E-state index < -0.39 is 0 Å². The van der Waals surface area contributed by atoms with E-state index in [0.29, 0.717) is 16.3 Å². The summed E-state index contributed by atoms with van der Waals surface area (Å²) in [5.41, 5.74) is 10.8. The molecule has 5 heterocycles. The zero-order valence-corrected chi connectivity index (χ0v) is 19.9. The summed E-state index contributed by atoms with van der Waals surface area (Å²) in [4.78, 5) is 22.5. The first-order chi connectivity index (χ1) is 16.0. The first-order valence-electron chi connectivity index (χ1n) is 11.1. The molecular weight excluding hydrogens is 453 g/mol. The molecule has 6 rings (SSSR count). The highest BCUT2D eigenvalue weighted by Gasteiger charge is 2.41. The van der Waals surface area contributed by atoms with E-state index in [2.05, 4.69) is 37.6 Å². The Labute approximate surface area is 202 Å². The maximum absolute atomic E-state index is 6.38. The predicted molar refractivity (Wildman–Crippen MR) is 134 cm³/mol. The van der Waals surface area contributed by atoms with Gasteiger partial charge in [0.25, 0.3) is 0 Å². The van der Waals surface area contributed by atoms with Gasteiger partial charge in [-0.1, -0.05) is 29.4 Å². The molecule has 1 spiro atoms. The number of halogens is 1. The number of nitrogens with two attached hydrogens (primary N) is 1. The highest BCUT2D eigenvalue weighted by atomic mass is 35.5. The largest absolute Gasteiger partial charge is 0.382 e. The van der Waals surface area contributed by atoms with Crippen LogP contribution in [0.2, 0.25) is 5.02 Å². The first-order valence-corrected chi connectivity index (χ1v) is 12.3. The summed E-state index contributed by atoms with van der Waals surface area (Å²) < 4.78 is 2.11. The second-order valence-electron chi connectivity index (χ2n) is 9.06. The van der Waals surface area contributed by atoms with Gasteiger partial charge >= 0.3 is 0 Å². The number of nitrogens with zero attached hydrogens (tertiary/aromatic N) is 6. The molecule has 10 heteroatoms. The Morgan fingerprint density at radius 2 is 1.91 bits per heavy atom. The summed E-state index contributed by atoms with van der Waals surface area (Å²) in [6, 6.07) is 6.16.